The molecule has 0 heterocycles. The van der Waals surface area contributed by atoms with Crippen molar-refractivity contribution in [2.24, 2.45) is 0 Å². The normalized spacial score (nSPS) is 13.8. The Balaban J connectivity index is 2.28. The van der Waals surface area contributed by atoms with Crippen LogP contribution in [0.3, 0.4) is 0 Å². The Bertz CT molecular complexity index is 384. The van der Waals surface area contributed by atoms with Gasteiger partial charge in [-0.3, -0.25) is 14.4 Å². The molecule has 0 aliphatic rings. The third-order valence-corrected chi connectivity index (χ3v) is 2.37. The Hall–Kier alpha value is -1.36. The highest BCUT2D eigenvalue weighted by Crippen LogP contribution is 2.16. The lowest BCUT2D eigenvalue weighted by Crippen LogP contribution is -2.33. The fourth-order valence-electron chi connectivity index (χ4n) is 1.11. The summed E-state index contributed by atoms with van der Waals surface area (Å²) >= 11 is 0. The average Bonchev–Trinajstić information content (AvgIpc) is 2.26. The highest BCUT2D eigenvalue weighted by molar-refractivity contribution is 7.32. The summed E-state index contributed by atoms with van der Waals surface area (Å²) in [6, 6.07) is 9.17. The molecule has 0 bridgehead atoms. The van der Waals surface area contributed by atoms with E-state index in [1.54, 1.807) is 0 Å². The maximum absolute atomic E-state index is 11.2. The number of carbonyl (C=O) groups excluding carboxylic acids is 1. The van der Waals surface area contributed by atoms with Crippen LogP contribution in [0.1, 0.15) is 12.5 Å². The van der Waals surface area contributed by atoms with E-state index in [0.29, 0.717) is 0 Å². The molecule has 0 aliphatic carbocycles. The quantitative estimate of drug-likeness (QED) is 0.620. The van der Waals surface area contributed by atoms with E-state index >= 15 is 0 Å². The van der Waals surface area contributed by atoms with Gasteiger partial charge in [-0.05, 0) is 12.5 Å². The molecule has 0 saturated heterocycles. The standard InChI is InChI=1S/C10H14NO5P/c1-8(16-17(13)14)11-10(12)15-7-9-5-3-2-4-6-9/h2-6,8,17H,7H2,1H3,(H,11,12)(H,13,14). The van der Waals surface area contributed by atoms with Gasteiger partial charge in [-0.25, -0.2) is 4.79 Å². The molecule has 0 aromatic heterocycles. The molecule has 94 valence electrons. The number of benzene rings is 1. The fourth-order valence-corrected chi connectivity index (χ4v) is 1.47. The molecule has 6 nitrogen and oxygen atoms in total. The van der Waals surface area contributed by atoms with Crippen LogP contribution in [0, 0.1) is 0 Å². The average molecular weight is 259 g/mol. The van der Waals surface area contributed by atoms with Crippen LogP contribution in [-0.4, -0.2) is 17.2 Å². The summed E-state index contributed by atoms with van der Waals surface area (Å²) in [4.78, 5) is 19.7. The van der Waals surface area contributed by atoms with E-state index in [4.69, 9.17) is 9.63 Å². The number of amides is 1. The minimum atomic E-state index is -3.07. The van der Waals surface area contributed by atoms with E-state index < -0.39 is 20.6 Å². The third kappa shape index (κ3) is 6.06. The van der Waals surface area contributed by atoms with Crippen LogP contribution in [0.5, 0.6) is 0 Å². The molecule has 0 radical (unpaired) electrons. The van der Waals surface area contributed by atoms with Gasteiger partial charge in [0.05, 0.1) is 0 Å². The van der Waals surface area contributed by atoms with Crippen molar-refractivity contribution < 1.29 is 23.5 Å². The molecule has 1 aromatic carbocycles. The topological polar surface area (TPSA) is 84.9 Å². The van der Waals surface area contributed by atoms with Gasteiger partial charge in [0.15, 0.2) is 0 Å². The number of alkyl carbamates (subject to hydrolysis) is 1. The molecular weight excluding hydrogens is 245 g/mol. The molecule has 1 amide bonds. The summed E-state index contributed by atoms with van der Waals surface area (Å²) < 4.78 is 19.7. The Kier molecular flexibility index (Phi) is 5.69. The molecule has 1 aromatic rings. The largest absolute Gasteiger partial charge is 0.445 e. The predicted octanol–water partition coefficient (Wildman–Crippen LogP) is 1.66. The van der Waals surface area contributed by atoms with Crippen LogP contribution < -0.4 is 5.32 Å². The van der Waals surface area contributed by atoms with Gasteiger partial charge in [0.25, 0.3) is 0 Å². The minimum absolute atomic E-state index is 0.133. The van der Waals surface area contributed by atoms with Crippen LogP contribution in [0.25, 0.3) is 0 Å². The number of ether oxygens (including phenoxy) is 1. The van der Waals surface area contributed by atoms with E-state index in [0.717, 1.165) is 5.56 Å². The first-order valence-electron chi connectivity index (χ1n) is 4.94. The Morgan fingerprint density at radius 3 is 2.71 bits per heavy atom. The van der Waals surface area contributed by atoms with Crippen molar-refractivity contribution in [1.29, 1.82) is 0 Å². The summed E-state index contributed by atoms with van der Waals surface area (Å²) in [6.45, 7) is 1.57. The van der Waals surface area contributed by atoms with Gasteiger partial charge in [0, 0.05) is 0 Å². The molecular formula is C10H14NO5P. The van der Waals surface area contributed by atoms with Crippen molar-refractivity contribution >= 4 is 14.3 Å². The molecule has 1 rings (SSSR count). The second kappa shape index (κ2) is 7.06. The van der Waals surface area contributed by atoms with Crippen LogP contribution in [0.2, 0.25) is 0 Å². The SMILES string of the molecule is CC(NC(=O)OCc1ccccc1)O[PH](=O)O. The van der Waals surface area contributed by atoms with Gasteiger partial charge in [-0.15, -0.1) is 0 Å². The van der Waals surface area contributed by atoms with E-state index in [2.05, 4.69) is 9.84 Å². The minimum Gasteiger partial charge on any atom is -0.445 e. The highest BCUT2D eigenvalue weighted by atomic mass is 31.1. The zero-order chi connectivity index (χ0) is 12.7. The van der Waals surface area contributed by atoms with Crippen molar-refractivity contribution in [1.82, 2.24) is 5.32 Å². The first kappa shape index (κ1) is 13.7. The summed E-state index contributed by atoms with van der Waals surface area (Å²) in [6.07, 6.45) is -1.57. The molecule has 2 N–H and O–H groups in total. The highest BCUT2D eigenvalue weighted by Gasteiger charge is 2.10. The van der Waals surface area contributed by atoms with Crippen LogP contribution in [-0.2, 0) is 20.4 Å². The maximum atomic E-state index is 11.2. The number of hydrogen-bond donors (Lipinski definition) is 2. The van der Waals surface area contributed by atoms with Crippen molar-refractivity contribution in [3.05, 3.63) is 35.9 Å². The lowest BCUT2D eigenvalue weighted by molar-refractivity contribution is 0.110. The number of hydrogen-bond acceptors (Lipinski definition) is 4. The van der Waals surface area contributed by atoms with Crippen molar-refractivity contribution in [3.8, 4) is 0 Å². The lowest BCUT2D eigenvalue weighted by Gasteiger charge is -2.12. The van der Waals surface area contributed by atoms with E-state index in [9.17, 15) is 9.36 Å². The van der Waals surface area contributed by atoms with Crippen molar-refractivity contribution in [3.63, 3.8) is 0 Å². The van der Waals surface area contributed by atoms with Crippen LogP contribution >= 0.6 is 8.25 Å². The molecule has 7 heteroatoms. The van der Waals surface area contributed by atoms with Crippen molar-refractivity contribution in [2.45, 2.75) is 19.8 Å². The number of nitrogens with one attached hydrogen (secondary N) is 1. The second-order valence-electron chi connectivity index (χ2n) is 3.23. The summed E-state index contributed by atoms with van der Waals surface area (Å²) in [5, 5.41) is 2.26. The molecule has 0 fully saturated rings. The molecule has 0 aliphatic heterocycles. The first-order chi connectivity index (χ1) is 8.08. The first-order valence-corrected chi connectivity index (χ1v) is 6.21. The van der Waals surface area contributed by atoms with E-state index in [1.165, 1.54) is 6.92 Å². The lowest BCUT2D eigenvalue weighted by atomic mass is 10.2. The van der Waals surface area contributed by atoms with Gasteiger partial charge >= 0.3 is 14.3 Å². The summed E-state index contributed by atoms with van der Waals surface area (Å²) in [7, 11) is -3.07. The zero-order valence-electron chi connectivity index (χ0n) is 9.25. The maximum Gasteiger partial charge on any atom is 0.409 e. The van der Waals surface area contributed by atoms with E-state index in [-0.39, 0.29) is 6.61 Å². The monoisotopic (exact) mass is 259 g/mol. The van der Waals surface area contributed by atoms with Crippen molar-refractivity contribution in [2.75, 3.05) is 0 Å². The summed E-state index contributed by atoms with van der Waals surface area (Å²) in [5.41, 5.74) is 0.854. The van der Waals surface area contributed by atoms with Gasteiger partial charge < -0.3 is 9.63 Å². The van der Waals surface area contributed by atoms with Crippen LogP contribution in [0.4, 0.5) is 4.79 Å². The van der Waals surface area contributed by atoms with Gasteiger partial charge in [-0.1, -0.05) is 30.3 Å². The number of carbonyl (C=O) groups is 1. The molecule has 17 heavy (non-hydrogen) atoms. The van der Waals surface area contributed by atoms with Gasteiger partial charge in [0.1, 0.15) is 12.8 Å². The fraction of sp³-hybridized carbons (Fsp3) is 0.300. The number of rotatable bonds is 5. The summed E-state index contributed by atoms with van der Waals surface area (Å²) in [5.74, 6) is 0. The second-order valence-corrected chi connectivity index (χ2v) is 4.00. The zero-order valence-corrected chi connectivity index (χ0v) is 10.3. The smallest absolute Gasteiger partial charge is 0.409 e. The molecule has 2 unspecified atom stereocenters. The van der Waals surface area contributed by atoms with Gasteiger partial charge in [-0.2, -0.15) is 0 Å². The molecule has 0 spiro atoms. The Morgan fingerprint density at radius 1 is 1.47 bits per heavy atom. The van der Waals surface area contributed by atoms with Crippen LogP contribution in [0.15, 0.2) is 30.3 Å². The Labute approximate surface area is 99.5 Å². The predicted molar refractivity (Wildman–Crippen MR) is 61.5 cm³/mol. The third-order valence-electron chi connectivity index (χ3n) is 1.81. The molecule has 2 atom stereocenters. The van der Waals surface area contributed by atoms with Gasteiger partial charge in [0.2, 0.25) is 0 Å². The molecule has 0 saturated carbocycles. The van der Waals surface area contributed by atoms with E-state index in [1.807, 2.05) is 30.3 Å². The Morgan fingerprint density at radius 2 is 2.12 bits per heavy atom.